The van der Waals surface area contributed by atoms with E-state index in [0.29, 0.717) is 11.8 Å². The van der Waals surface area contributed by atoms with Gasteiger partial charge in [-0.15, -0.1) is 11.3 Å². The minimum absolute atomic E-state index is 0.633. The molecule has 118 valence electrons. The largest absolute Gasteiger partial charge is 0.497 e. The molecule has 1 aromatic carbocycles. The van der Waals surface area contributed by atoms with Crippen LogP contribution in [0.5, 0.6) is 5.75 Å². The fourth-order valence-electron chi connectivity index (χ4n) is 3.74. The Morgan fingerprint density at radius 1 is 1.36 bits per heavy atom. The highest BCUT2D eigenvalue weighted by Crippen LogP contribution is 2.40. The molecule has 2 atom stereocenters. The summed E-state index contributed by atoms with van der Waals surface area (Å²) in [6.07, 6.45) is 4.97. The predicted octanol–water partition coefficient (Wildman–Crippen LogP) is 4.25. The molecule has 0 saturated heterocycles. The van der Waals surface area contributed by atoms with Crippen LogP contribution in [0.3, 0.4) is 0 Å². The summed E-state index contributed by atoms with van der Waals surface area (Å²) in [7, 11) is 3.83. The summed E-state index contributed by atoms with van der Waals surface area (Å²) in [6.45, 7) is 1.07. The van der Waals surface area contributed by atoms with Crippen LogP contribution in [0.2, 0.25) is 0 Å². The van der Waals surface area contributed by atoms with Crippen molar-refractivity contribution in [1.82, 2.24) is 5.32 Å². The number of nitrogens with one attached hydrogen (secondary N) is 1. The molecule has 1 aromatic heterocycles. The Kier molecular flexibility index (Phi) is 5.16. The first-order chi connectivity index (χ1) is 10.8. The summed E-state index contributed by atoms with van der Waals surface area (Å²) in [6, 6.07) is 11.1. The summed E-state index contributed by atoms with van der Waals surface area (Å²) in [4.78, 5) is 1.50. The van der Waals surface area contributed by atoms with Gasteiger partial charge in [0, 0.05) is 4.88 Å². The highest BCUT2D eigenvalue weighted by molar-refractivity contribution is 7.09. The van der Waals surface area contributed by atoms with Gasteiger partial charge in [0.2, 0.25) is 0 Å². The normalized spacial score (nSPS) is 18.7. The van der Waals surface area contributed by atoms with E-state index in [1.54, 1.807) is 7.11 Å². The molecule has 0 bridgehead atoms. The molecule has 2 nitrogen and oxygen atoms in total. The molecule has 0 radical (unpaired) electrons. The Balaban J connectivity index is 1.88. The molecule has 0 aliphatic heterocycles. The highest BCUT2D eigenvalue weighted by atomic mass is 32.1. The van der Waals surface area contributed by atoms with Crippen LogP contribution >= 0.6 is 11.3 Å². The summed E-state index contributed by atoms with van der Waals surface area (Å²) < 4.78 is 5.46. The highest BCUT2D eigenvalue weighted by Gasteiger charge is 2.28. The summed E-state index contributed by atoms with van der Waals surface area (Å²) >= 11 is 1.88. The zero-order chi connectivity index (χ0) is 15.4. The second kappa shape index (κ2) is 7.30. The number of aryl methyl sites for hydroxylation is 1. The van der Waals surface area contributed by atoms with Crippen molar-refractivity contribution in [2.24, 2.45) is 5.92 Å². The standard InChI is InChI=1S/C19H25NOS/c1-20-13-15(11-17-6-4-10-22-17)18-7-3-5-14-8-9-16(21-2)12-19(14)18/h4,6,8-10,12,15,18,20H,3,5,7,11,13H2,1-2H3. The molecular formula is C19H25NOS. The lowest BCUT2D eigenvalue weighted by Crippen LogP contribution is -2.28. The van der Waals surface area contributed by atoms with Crippen molar-refractivity contribution in [2.45, 2.75) is 31.6 Å². The monoisotopic (exact) mass is 315 g/mol. The first-order valence-corrected chi connectivity index (χ1v) is 9.03. The van der Waals surface area contributed by atoms with Crippen molar-refractivity contribution in [3.05, 3.63) is 51.7 Å². The van der Waals surface area contributed by atoms with Gasteiger partial charge in [-0.25, -0.2) is 0 Å². The smallest absolute Gasteiger partial charge is 0.119 e. The minimum Gasteiger partial charge on any atom is -0.497 e. The van der Waals surface area contributed by atoms with E-state index in [1.807, 2.05) is 11.3 Å². The fourth-order valence-corrected chi connectivity index (χ4v) is 4.54. The predicted molar refractivity (Wildman–Crippen MR) is 94.1 cm³/mol. The molecule has 1 aliphatic rings. The molecule has 2 aromatic rings. The molecule has 0 fully saturated rings. The average Bonchev–Trinajstić information content (AvgIpc) is 3.06. The maximum atomic E-state index is 5.46. The molecule has 0 spiro atoms. The van der Waals surface area contributed by atoms with Gasteiger partial charge in [0.05, 0.1) is 7.11 Å². The van der Waals surface area contributed by atoms with Crippen LogP contribution in [-0.4, -0.2) is 20.7 Å². The third kappa shape index (κ3) is 3.36. The van der Waals surface area contributed by atoms with Crippen molar-refractivity contribution < 1.29 is 4.74 Å². The molecule has 0 amide bonds. The number of rotatable bonds is 6. The van der Waals surface area contributed by atoms with Crippen molar-refractivity contribution in [3.63, 3.8) is 0 Å². The van der Waals surface area contributed by atoms with Gasteiger partial charge in [-0.2, -0.15) is 0 Å². The molecule has 2 unspecified atom stereocenters. The van der Waals surface area contributed by atoms with Crippen molar-refractivity contribution in [3.8, 4) is 5.75 Å². The first kappa shape index (κ1) is 15.6. The van der Waals surface area contributed by atoms with E-state index < -0.39 is 0 Å². The van der Waals surface area contributed by atoms with E-state index in [9.17, 15) is 0 Å². The maximum Gasteiger partial charge on any atom is 0.119 e. The van der Waals surface area contributed by atoms with E-state index in [-0.39, 0.29) is 0 Å². The number of thiophene rings is 1. The number of ether oxygens (including phenoxy) is 1. The summed E-state index contributed by atoms with van der Waals surface area (Å²) in [5, 5.41) is 5.59. The van der Waals surface area contributed by atoms with Gasteiger partial charge < -0.3 is 10.1 Å². The number of methoxy groups -OCH3 is 1. The Hall–Kier alpha value is -1.32. The van der Waals surface area contributed by atoms with Crippen LogP contribution in [0.4, 0.5) is 0 Å². The lowest BCUT2D eigenvalue weighted by molar-refractivity contribution is 0.363. The lowest BCUT2D eigenvalue weighted by atomic mass is 9.74. The Morgan fingerprint density at radius 3 is 3.00 bits per heavy atom. The lowest BCUT2D eigenvalue weighted by Gasteiger charge is -2.32. The Labute approximate surface area is 137 Å². The van der Waals surface area contributed by atoms with E-state index in [1.165, 1.54) is 41.7 Å². The number of benzene rings is 1. The number of fused-ring (bicyclic) bond motifs is 1. The molecule has 3 rings (SSSR count). The Morgan fingerprint density at radius 2 is 2.27 bits per heavy atom. The third-order valence-electron chi connectivity index (χ3n) is 4.79. The topological polar surface area (TPSA) is 21.3 Å². The second-order valence-electron chi connectivity index (χ2n) is 6.16. The number of hydrogen-bond donors (Lipinski definition) is 1. The van der Waals surface area contributed by atoms with Gasteiger partial charge in [-0.1, -0.05) is 12.1 Å². The van der Waals surface area contributed by atoms with Gasteiger partial charge in [0.1, 0.15) is 5.75 Å². The maximum absolute atomic E-state index is 5.46. The van der Waals surface area contributed by atoms with E-state index in [4.69, 9.17) is 4.74 Å². The van der Waals surface area contributed by atoms with Gasteiger partial charge in [0.15, 0.2) is 0 Å². The molecule has 1 heterocycles. The summed E-state index contributed by atoms with van der Waals surface area (Å²) in [5.74, 6) is 2.27. The quantitative estimate of drug-likeness (QED) is 0.860. The van der Waals surface area contributed by atoms with E-state index >= 15 is 0 Å². The molecule has 3 heteroatoms. The molecule has 0 saturated carbocycles. The first-order valence-electron chi connectivity index (χ1n) is 8.15. The molecular weight excluding hydrogens is 290 g/mol. The van der Waals surface area contributed by atoms with Gasteiger partial charge >= 0.3 is 0 Å². The molecule has 1 aliphatic carbocycles. The zero-order valence-electron chi connectivity index (χ0n) is 13.5. The minimum atomic E-state index is 0.633. The third-order valence-corrected chi connectivity index (χ3v) is 5.69. The van der Waals surface area contributed by atoms with Crippen LogP contribution in [0.1, 0.15) is 34.8 Å². The van der Waals surface area contributed by atoms with Gasteiger partial charge in [0.25, 0.3) is 0 Å². The summed E-state index contributed by atoms with van der Waals surface area (Å²) in [5.41, 5.74) is 3.03. The zero-order valence-corrected chi connectivity index (χ0v) is 14.3. The van der Waals surface area contributed by atoms with Crippen molar-refractivity contribution >= 4 is 11.3 Å². The Bertz CT molecular complexity index is 593. The average molecular weight is 315 g/mol. The van der Waals surface area contributed by atoms with Crippen LogP contribution < -0.4 is 10.1 Å². The van der Waals surface area contributed by atoms with Gasteiger partial charge in [-0.3, -0.25) is 0 Å². The van der Waals surface area contributed by atoms with Crippen LogP contribution in [-0.2, 0) is 12.8 Å². The SMILES string of the molecule is CNCC(Cc1cccs1)C1CCCc2ccc(OC)cc21. The van der Waals surface area contributed by atoms with Crippen LogP contribution in [0, 0.1) is 5.92 Å². The molecule has 22 heavy (non-hydrogen) atoms. The molecule has 1 N–H and O–H groups in total. The van der Waals surface area contributed by atoms with Gasteiger partial charge in [-0.05, 0) is 85.8 Å². The second-order valence-corrected chi connectivity index (χ2v) is 7.20. The van der Waals surface area contributed by atoms with Crippen LogP contribution in [0.25, 0.3) is 0 Å². The van der Waals surface area contributed by atoms with Crippen LogP contribution in [0.15, 0.2) is 35.7 Å². The number of hydrogen-bond acceptors (Lipinski definition) is 3. The van der Waals surface area contributed by atoms with Crippen molar-refractivity contribution in [2.75, 3.05) is 20.7 Å². The van der Waals surface area contributed by atoms with E-state index in [0.717, 1.165) is 12.3 Å². The van der Waals surface area contributed by atoms with Crippen molar-refractivity contribution in [1.29, 1.82) is 0 Å². The fraction of sp³-hybridized carbons (Fsp3) is 0.474. The van der Waals surface area contributed by atoms with E-state index in [2.05, 4.69) is 48.1 Å².